The Bertz CT molecular complexity index is 1710. The van der Waals surface area contributed by atoms with Crippen LogP contribution in [-0.2, 0) is 47.7 Å². The highest BCUT2D eigenvalue weighted by Gasteiger charge is 2.90. The lowest BCUT2D eigenvalue weighted by atomic mass is 9.44. The standard InChI is InChI=1S/C36H42O12/c1-9-18(2)29(41)46-31-33(6)17-36(48-20(4)38)34(7,24(33)14-25(39)43-8)23-10-12-32(5)26(22(23)15-35(31,36)47-19(3)37)27(40)30(42)45-28(32)21-11-13-44-16-21/h9,11,13,16,24,28,31,40H,10,12,14-15,17H2,1-8H3. The van der Waals surface area contributed by atoms with Gasteiger partial charge in [-0.15, -0.1) is 0 Å². The molecule has 1 aromatic rings. The fourth-order valence-electron chi connectivity index (χ4n) is 10.3. The van der Waals surface area contributed by atoms with Crippen LogP contribution in [0, 0.1) is 22.2 Å². The molecule has 0 aromatic carbocycles. The zero-order valence-corrected chi connectivity index (χ0v) is 28.5. The van der Waals surface area contributed by atoms with Crippen LogP contribution < -0.4 is 0 Å². The third-order valence-corrected chi connectivity index (χ3v) is 12.2. The largest absolute Gasteiger partial charge is 0.502 e. The van der Waals surface area contributed by atoms with Crippen LogP contribution in [0.5, 0.6) is 0 Å². The summed E-state index contributed by atoms with van der Waals surface area (Å²) in [6.45, 7) is 11.4. The molecule has 12 heteroatoms. The quantitative estimate of drug-likeness (QED) is 0.228. The number of hydrogen-bond donors (Lipinski definition) is 1. The van der Waals surface area contributed by atoms with Gasteiger partial charge in [-0.3, -0.25) is 14.4 Å². The molecule has 0 saturated heterocycles. The van der Waals surface area contributed by atoms with Gasteiger partial charge in [-0.1, -0.05) is 32.4 Å². The first-order valence-electron chi connectivity index (χ1n) is 16.2. The fraction of sp³-hybridized carbons (Fsp3) is 0.583. The molecular weight excluding hydrogens is 624 g/mol. The van der Waals surface area contributed by atoms with Crippen molar-refractivity contribution in [3.8, 4) is 0 Å². The van der Waals surface area contributed by atoms with Crippen molar-refractivity contribution in [1.82, 2.24) is 0 Å². The van der Waals surface area contributed by atoms with E-state index in [1.54, 1.807) is 26.0 Å². The van der Waals surface area contributed by atoms with Crippen LogP contribution in [0.1, 0.15) is 92.2 Å². The molecule has 1 aliphatic heterocycles. The second-order valence-corrected chi connectivity index (χ2v) is 14.5. The van der Waals surface area contributed by atoms with Crippen LogP contribution >= 0.6 is 0 Å². The SMILES string of the molecule is CC=C(C)C(=O)OC1C2(C)CC3(OC(C)=O)C1(OC(C)=O)CC1=C(CCC4(C)C1=C(O)C(=O)OC4c1ccoc1)C3(C)C2CC(=O)OC. The molecular formula is C36H42O12. The molecule has 2 fully saturated rings. The van der Waals surface area contributed by atoms with E-state index in [0.717, 1.165) is 5.57 Å². The van der Waals surface area contributed by atoms with Crippen molar-refractivity contribution in [2.24, 2.45) is 22.2 Å². The summed E-state index contributed by atoms with van der Waals surface area (Å²) < 4.78 is 35.4. The Balaban J connectivity index is 1.70. The van der Waals surface area contributed by atoms with Crippen LogP contribution in [0.15, 0.2) is 57.1 Å². The van der Waals surface area contributed by atoms with Crippen LogP contribution in [0.25, 0.3) is 0 Å². The number of fused-ring (bicyclic) bond motifs is 4. The minimum absolute atomic E-state index is 0.0939. The van der Waals surface area contributed by atoms with Crippen molar-refractivity contribution >= 4 is 29.8 Å². The van der Waals surface area contributed by atoms with E-state index in [1.165, 1.54) is 33.5 Å². The van der Waals surface area contributed by atoms with Gasteiger partial charge in [0, 0.05) is 66.1 Å². The van der Waals surface area contributed by atoms with Gasteiger partial charge in [0.2, 0.25) is 5.76 Å². The predicted octanol–water partition coefficient (Wildman–Crippen LogP) is 5.28. The minimum Gasteiger partial charge on any atom is -0.502 e. The second kappa shape index (κ2) is 10.8. The van der Waals surface area contributed by atoms with E-state index in [0.29, 0.717) is 35.1 Å². The molecule has 258 valence electrons. The van der Waals surface area contributed by atoms with Crippen molar-refractivity contribution in [1.29, 1.82) is 0 Å². The van der Waals surface area contributed by atoms with E-state index < -0.39 is 81.2 Å². The molecule has 2 saturated carbocycles. The number of aliphatic hydroxyl groups is 1. The maximum Gasteiger partial charge on any atom is 0.374 e. The van der Waals surface area contributed by atoms with Gasteiger partial charge < -0.3 is 33.2 Å². The van der Waals surface area contributed by atoms with E-state index in [4.69, 9.17) is 28.1 Å². The van der Waals surface area contributed by atoms with Gasteiger partial charge in [-0.25, -0.2) is 9.59 Å². The summed E-state index contributed by atoms with van der Waals surface area (Å²) in [7, 11) is 1.28. The Morgan fingerprint density at radius 3 is 2.35 bits per heavy atom. The number of carbonyl (C=O) groups is 5. The minimum atomic E-state index is -1.82. The van der Waals surface area contributed by atoms with Crippen molar-refractivity contribution in [3.63, 3.8) is 0 Å². The molecule has 6 rings (SSSR count). The maximum absolute atomic E-state index is 13.6. The van der Waals surface area contributed by atoms with Gasteiger partial charge in [0.25, 0.3) is 0 Å². The van der Waals surface area contributed by atoms with Crippen molar-refractivity contribution in [3.05, 3.63) is 58.3 Å². The Morgan fingerprint density at radius 2 is 1.77 bits per heavy atom. The number of rotatable bonds is 7. The molecule has 8 unspecified atom stereocenters. The number of esters is 5. The first-order chi connectivity index (χ1) is 22.5. The Morgan fingerprint density at radius 1 is 1.08 bits per heavy atom. The molecule has 0 spiro atoms. The van der Waals surface area contributed by atoms with Gasteiger partial charge >= 0.3 is 29.8 Å². The molecule has 4 aliphatic carbocycles. The molecule has 0 amide bonds. The van der Waals surface area contributed by atoms with Crippen molar-refractivity contribution < 1.29 is 57.2 Å². The van der Waals surface area contributed by atoms with Crippen LogP contribution in [0.4, 0.5) is 0 Å². The number of hydrogen-bond acceptors (Lipinski definition) is 12. The fourth-order valence-corrected chi connectivity index (χ4v) is 10.3. The molecule has 48 heavy (non-hydrogen) atoms. The molecule has 2 bridgehead atoms. The smallest absolute Gasteiger partial charge is 0.374 e. The molecule has 12 nitrogen and oxygen atoms in total. The van der Waals surface area contributed by atoms with Crippen LogP contribution in [-0.4, -0.2) is 59.4 Å². The first-order valence-corrected chi connectivity index (χ1v) is 16.2. The van der Waals surface area contributed by atoms with Gasteiger partial charge in [0.15, 0.2) is 17.3 Å². The third kappa shape index (κ3) is 4.09. The average Bonchev–Trinajstić information content (AvgIpc) is 3.66. The molecule has 1 aromatic heterocycles. The van der Waals surface area contributed by atoms with E-state index >= 15 is 0 Å². The molecule has 5 aliphatic rings. The normalized spacial score (nSPS) is 38.1. The number of furan rings is 1. The van der Waals surface area contributed by atoms with E-state index in [-0.39, 0.29) is 19.3 Å². The summed E-state index contributed by atoms with van der Waals surface area (Å²) in [5, 5.41) is 11.6. The molecule has 8 atom stereocenters. The summed E-state index contributed by atoms with van der Waals surface area (Å²) in [4.78, 5) is 66.5. The monoisotopic (exact) mass is 666 g/mol. The molecule has 0 radical (unpaired) electrons. The topological polar surface area (TPSA) is 165 Å². The van der Waals surface area contributed by atoms with Crippen LogP contribution in [0.3, 0.4) is 0 Å². The Hall–Kier alpha value is -4.35. The lowest BCUT2D eigenvalue weighted by Crippen LogP contribution is -2.75. The van der Waals surface area contributed by atoms with Gasteiger partial charge in [-0.05, 0) is 44.2 Å². The lowest BCUT2D eigenvalue weighted by Gasteiger charge is -2.65. The average molecular weight is 667 g/mol. The number of ether oxygens (including phenoxy) is 5. The Labute approximate surface area is 278 Å². The lowest BCUT2D eigenvalue weighted by molar-refractivity contribution is -0.276. The zero-order chi connectivity index (χ0) is 35.2. The van der Waals surface area contributed by atoms with E-state index in [2.05, 4.69) is 0 Å². The Kier molecular flexibility index (Phi) is 7.57. The summed E-state index contributed by atoms with van der Waals surface area (Å²) in [5.41, 5.74) is -4.20. The molecule has 2 heterocycles. The van der Waals surface area contributed by atoms with E-state index in [9.17, 15) is 29.1 Å². The van der Waals surface area contributed by atoms with Gasteiger partial charge in [-0.2, -0.15) is 0 Å². The number of cyclic esters (lactones) is 1. The van der Waals surface area contributed by atoms with Gasteiger partial charge in [0.1, 0.15) is 6.10 Å². The van der Waals surface area contributed by atoms with Crippen molar-refractivity contribution in [2.45, 2.75) is 104 Å². The number of allylic oxidation sites excluding steroid dienone is 1. The zero-order valence-electron chi connectivity index (χ0n) is 28.5. The van der Waals surface area contributed by atoms with E-state index in [1.807, 2.05) is 20.8 Å². The summed E-state index contributed by atoms with van der Waals surface area (Å²) in [6.07, 6.45) is 3.11. The van der Waals surface area contributed by atoms with Gasteiger partial charge in [0.05, 0.1) is 19.6 Å². The second-order valence-electron chi connectivity index (χ2n) is 14.5. The number of methoxy groups -OCH3 is 1. The third-order valence-electron chi connectivity index (χ3n) is 12.2. The summed E-state index contributed by atoms with van der Waals surface area (Å²) >= 11 is 0. The number of carbonyl (C=O) groups excluding carboxylic acids is 5. The van der Waals surface area contributed by atoms with Crippen LogP contribution in [0.2, 0.25) is 0 Å². The summed E-state index contributed by atoms with van der Waals surface area (Å²) in [6, 6.07) is 1.70. The predicted molar refractivity (Wildman–Crippen MR) is 165 cm³/mol. The molecule has 1 N–H and O–H groups in total. The highest BCUT2D eigenvalue weighted by molar-refractivity contribution is 5.90. The maximum atomic E-state index is 13.6. The summed E-state index contributed by atoms with van der Waals surface area (Å²) in [5.74, 6) is -4.75. The first kappa shape index (κ1) is 33.5. The van der Waals surface area contributed by atoms with Crippen molar-refractivity contribution in [2.75, 3.05) is 7.11 Å². The number of aliphatic hydroxyl groups excluding tert-OH is 1. The highest BCUT2D eigenvalue weighted by atomic mass is 16.6. The highest BCUT2D eigenvalue weighted by Crippen LogP contribution is 2.81.